The number of aliphatic hydroxyl groups excluding tert-OH is 1. The van der Waals surface area contributed by atoms with Crippen LogP contribution in [-0.2, 0) is 4.74 Å². The summed E-state index contributed by atoms with van der Waals surface area (Å²) in [6, 6.07) is 0. The zero-order valence-electron chi connectivity index (χ0n) is 14.0. The van der Waals surface area contributed by atoms with E-state index in [-0.39, 0.29) is 11.7 Å². The lowest BCUT2D eigenvalue weighted by Gasteiger charge is -2.49. The molecule has 2 rings (SSSR count). The highest BCUT2D eigenvalue weighted by Gasteiger charge is 2.48. The molecule has 2 aliphatic rings. The SMILES string of the molecule is CCC1CCCCC1C(O)C1(OC)CCC(C)(C)CC1. The van der Waals surface area contributed by atoms with Gasteiger partial charge in [-0.3, -0.25) is 0 Å². The summed E-state index contributed by atoms with van der Waals surface area (Å²) in [4.78, 5) is 0. The van der Waals surface area contributed by atoms with Crippen LogP contribution in [0, 0.1) is 17.3 Å². The van der Waals surface area contributed by atoms with Gasteiger partial charge in [0.05, 0.1) is 11.7 Å². The van der Waals surface area contributed by atoms with Crippen LogP contribution in [-0.4, -0.2) is 23.9 Å². The lowest BCUT2D eigenvalue weighted by Crippen LogP contribution is -2.53. The third-order valence-corrected chi connectivity index (χ3v) is 6.29. The molecule has 0 aromatic heterocycles. The summed E-state index contributed by atoms with van der Waals surface area (Å²) < 4.78 is 5.93. The Bertz CT molecular complexity index is 301. The fourth-order valence-corrected chi connectivity index (χ4v) is 4.52. The first-order valence-corrected chi connectivity index (χ1v) is 8.67. The van der Waals surface area contributed by atoms with Crippen LogP contribution in [0.2, 0.25) is 0 Å². The van der Waals surface area contributed by atoms with E-state index in [0.717, 1.165) is 12.8 Å². The number of aliphatic hydroxyl groups is 1. The predicted molar refractivity (Wildman–Crippen MR) is 83.7 cm³/mol. The van der Waals surface area contributed by atoms with Crippen LogP contribution in [0.15, 0.2) is 0 Å². The summed E-state index contributed by atoms with van der Waals surface area (Å²) in [6.07, 6.45) is 10.4. The van der Waals surface area contributed by atoms with Gasteiger partial charge >= 0.3 is 0 Å². The molecule has 1 N–H and O–H groups in total. The Labute approximate surface area is 125 Å². The number of hydrogen-bond donors (Lipinski definition) is 1. The second kappa shape index (κ2) is 6.36. The van der Waals surface area contributed by atoms with Crippen LogP contribution >= 0.6 is 0 Å². The van der Waals surface area contributed by atoms with Gasteiger partial charge in [-0.2, -0.15) is 0 Å². The van der Waals surface area contributed by atoms with Crippen LogP contribution in [0.5, 0.6) is 0 Å². The maximum Gasteiger partial charge on any atom is 0.0939 e. The third kappa shape index (κ3) is 3.22. The zero-order valence-corrected chi connectivity index (χ0v) is 14.0. The molecule has 3 atom stereocenters. The summed E-state index contributed by atoms with van der Waals surface area (Å²) in [5.41, 5.74) is 0.142. The van der Waals surface area contributed by atoms with Gasteiger partial charge in [0.2, 0.25) is 0 Å². The van der Waals surface area contributed by atoms with E-state index in [4.69, 9.17) is 4.74 Å². The quantitative estimate of drug-likeness (QED) is 0.819. The molecule has 2 saturated carbocycles. The minimum Gasteiger partial charge on any atom is -0.390 e. The van der Waals surface area contributed by atoms with E-state index in [1.807, 2.05) is 7.11 Å². The van der Waals surface area contributed by atoms with Gasteiger partial charge in [-0.15, -0.1) is 0 Å². The minimum atomic E-state index is -0.273. The summed E-state index contributed by atoms with van der Waals surface area (Å²) in [5.74, 6) is 1.15. The van der Waals surface area contributed by atoms with E-state index in [1.54, 1.807) is 0 Å². The highest BCUT2D eigenvalue weighted by molar-refractivity contribution is 4.99. The first-order chi connectivity index (χ1) is 9.44. The largest absolute Gasteiger partial charge is 0.390 e. The fourth-order valence-electron chi connectivity index (χ4n) is 4.52. The number of rotatable bonds is 4. The second-order valence-corrected chi connectivity index (χ2v) is 7.99. The zero-order chi connectivity index (χ0) is 14.8. The van der Waals surface area contributed by atoms with Crippen molar-refractivity contribution in [2.45, 2.75) is 90.3 Å². The van der Waals surface area contributed by atoms with Crippen LogP contribution in [0.25, 0.3) is 0 Å². The van der Waals surface area contributed by atoms with Gasteiger partial charge < -0.3 is 9.84 Å². The topological polar surface area (TPSA) is 29.5 Å². The Morgan fingerprint density at radius 1 is 1.10 bits per heavy atom. The van der Waals surface area contributed by atoms with Crippen molar-refractivity contribution in [3.05, 3.63) is 0 Å². The molecule has 0 amide bonds. The van der Waals surface area contributed by atoms with E-state index in [2.05, 4.69) is 20.8 Å². The van der Waals surface area contributed by atoms with Gasteiger partial charge in [-0.25, -0.2) is 0 Å². The van der Waals surface area contributed by atoms with Crippen LogP contribution in [0.4, 0.5) is 0 Å². The monoisotopic (exact) mass is 282 g/mol. The van der Waals surface area contributed by atoms with Crippen molar-refractivity contribution in [1.29, 1.82) is 0 Å². The molecule has 0 radical (unpaired) electrons. The highest BCUT2D eigenvalue weighted by atomic mass is 16.5. The molecule has 0 saturated heterocycles. The number of methoxy groups -OCH3 is 1. The minimum absolute atomic E-state index is 0.270. The summed E-state index contributed by atoms with van der Waals surface area (Å²) in [5, 5.41) is 11.1. The molecular formula is C18H34O2. The molecule has 0 aromatic rings. The van der Waals surface area contributed by atoms with Gasteiger partial charge in [0, 0.05) is 7.11 Å². The maximum atomic E-state index is 11.1. The van der Waals surface area contributed by atoms with Crippen LogP contribution < -0.4 is 0 Å². The smallest absolute Gasteiger partial charge is 0.0939 e. The molecule has 3 unspecified atom stereocenters. The predicted octanol–water partition coefficient (Wildman–Crippen LogP) is 4.55. The number of hydrogen-bond acceptors (Lipinski definition) is 2. The molecule has 20 heavy (non-hydrogen) atoms. The molecule has 2 heteroatoms. The molecule has 2 fully saturated rings. The molecule has 0 heterocycles. The molecule has 2 nitrogen and oxygen atoms in total. The van der Waals surface area contributed by atoms with Crippen molar-refractivity contribution in [1.82, 2.24) is 0 Å². The highest BCUT2D eigenvalue weighted by Crippen LogP contribution is 2.47. The standard InChI is InChI=1S/C18H34O2/c1-5-14-8-6-7-9-15(14)16(19)18(20-4)12-10-17(2,3)11-13-18/h14-16,19H,5-13H2,1-4H3. The Balaban J connectivity index is 2.10. The molecule has 2 aliphatic carbocycles. The third-order valence-electron chi connectivity index (χ3n) is 6.29. The Morgan fingerprint density at radius 3 is 2.25 bits per heavy atom. The van der Waals surface area contributed by atoms with Gasteiger partial charge in [-0.05, 0) is 49.4 Å². The molecule has 0 bridgehead atoms. The summed E-state index contributed by atoms with van der Waals surface area (Å²) in [6.45, 7) is 6.96. The molecular weight excluding hydrogens is 248 g/mol. The van der Waals surface area contributed by atoms with E-state index < -0.39 is 0 Å². The van der Waals surface area contributed by atoms with E-state index in [0.29, 0.717) is 17.3 Å². The lowest BCUT2D eigenvalue weighted by atomic mass is 9.63. The van der Waals surface area contributed by atoms with Crippen molar-refractivity contribution in [2.24, 2.45) is 17.3 Å². The molecule has 118 valence electrons. The average molecular weight is 282 g/mol. The normalized spacial score (nSPS) is 34.6. The van der Waals surface area contributed by atoms with E-state index in [1.165, 1.54) is 44.9 Å². The van der Waals surface area contributed by atoms with Gasteiger partial charge in [-0.1, -0.05) is 46.5 Å². The van der Waals surface area contributed by atoms with Crippen molar-refractivity contribution in [3.63, 3.8) is 0 Å². The lowest BCUT2D eigenvalue weighted by molar-refractivity contribution is -0.164. The van der Waals surface area contributed by atoms with Crippen molar-refractivity contribution in [3.8, 4) is 0 Å². The number of ether oxygens (including phenoxy) is 1. The Kier molecular flexibility index (Phi) is 5.18. The van der Waals surface area contributed by atoms with Crippen LogP contribution in [0.1, 0.15) is 78.6 Å². The maximum absolute atomic E-state index is 11.1. The van der Waals surface area contributed by atoms with Gasteiger partial charge in [0.15, 0.2) is 0 Å². The average Bonchev–Trinajstić information content (AvgIpc) is 2.47. The molecule has 0 aliphatic heterocycles. The van der Waals surface area contributed by atoms with Gasteiger partial charge in [0.25, 0.3) is 0 Å². The van der Waals surface area contributed by atoms with Crippen LogP contribution in [0.3, 0.4) is 0 Å². The second-order valence-electron chi connectivity index (χ2n) is 7.99. The van der Waals surface area contributed by atoms with E-state index in [9.17, 15) is 5.11 Å². The van der Waals surface area contributed by atoms with Gasteiger partial charge in [0.1, 0.15) is 0 Å². The molecule has 0 spiro atoms. The van der Waals surface area contributed by atoms with Crippen molar-refractivity contribution < 1.29 is 9.84 Å². The first-order valence-electron chi connectivity index (χ1n) is 8.67. The Morgan fingerprint density at radius 2 is 1.70 bits per heavy atom. The first kappa shape index (κ1) is 16.3. The fraction of sp³-hybridized carbons (Fsp3) is 1.00. The van der Waals surface area contributed by atoms with E-state index >= 15 is 0 Å². The summed E-state index contributed by atoms with van der Waals surface area (Å²) >= 11 is 0. The summed E-state index contributed by atoms with van der Waals surface area (Å²) in [7, 11) is 1.81. The van der Waals surface area contributed by atoms with Crippen molar-refractivity contribution in [2.75, 3.05) is 7.11 Å². The Hall–Kier alpha value is -0.0800. The molecule has 0 aromatic carbocycles. The van der Waals surface area contributed by atoms with Crippen molar-refractivity contribution >= 4 is 0 Å².